The van der Waals surface area contributed by atoms with Gasteiger partial charge < -0.3 is 0 Å². The van der Waals surface area contributed by atoms with Crippen LogP contribution >= 0.6 is 0 Å². The minimum Gasteiger partial charge on any atom is -0.269 e. The molecule has 1 aliphatic rings. The second-order valence-electron chi connectivity index (χ2n) is 2.74. The number of nitrogens with two attached hydrogens (primary N) is 1. The molecule has 2 N–H and O–H groups in total. The van der Waals surface area contributed by atoms with Gasteiger partial charge in [-0.25, -0.2) is 5.01 Å². The van der Waals surface area contributed by atoms with E-state index >= 15 is 0 Å². The van der Waals surface area contributed by atoms with Crippen LogP contribution in [0.25, 0.3) is 0 Å². The molecule has 2 nitrogen and oxygen atoms in total. The Morgan fingerprint density at radius 1 is 1.50 bits per heavy atom. The summed E-state index contributed by atoms with van der Waals surface area (Å²) in [6.07, 6.45) is 1.26. The van der Waals surface area contributed by atoms with Crippen molar-refractivity contribution < 1.29 is 0 Å². The average Bonchev–Trinajstić information content (AvgIpc) is 1.98. The molecule has 0 bridgehead atoms. The molecule has 1 saturated heterocycles. The molecule has 0 aromatic heterocycles. The molecule has 0 aromatic rings. The fourth-order valence-corrected chi connectivity index (χ4v) is 1.12. The third kappa shape index (κ3) is 0.858. The quantitative estimate of drug-likeness (QED) is 0.467. The first kappa shape index (κ1) is 6.05. The molecule has 8 heavy (non-hydrogen) atoms. The second kappa shape index (κ2) is 2.03. The predicted molar refractivity (Wildman–Crippen MR) is 34.1 cm³/mol. The van der Waals surface area contributed by atoms with E-state index in [2.05, 4.69) is 13.8 Å². The normalized spacial score (nSPS) is 40.9. The molecule has 0 spiro atoms. The summed E-state index contributed by atoms with van der Waals surface area (Å²) in [4.78, 5) is 0. The van der Waals surface area contributed by atoms with Crippen molar-refractivity contribution in [1.82, 2.24) is 5.01 Å². The number of nitrogens with zero attached hydrogens (tertiary/aromatic N) is 1. The van der Waals surface area contributed by atoms with Crippen molar-refractivity contribution in [2.45, 2.75) is 26.3 Å². The Bertz CT molecular complexity index is 72.6. The van der Waals surface area contributed by atoms with Gasteiger partial charge in [-0.1, -0.05) is 6.92 Å². The zero-order chi connectivity index (χ0) is 6.15. The van der Waals surface area contributed by atoms with E-state index in [4.69, 9.17) is 5.84 Å². The lowest BCUT2D eigenvalue weighted by Gasteiger charge is -2.15. The first-order valence-electron chi connectivity index (χ1n) is 3.23. The van der Waals surface area contributed by atoms with E-state index in [1.165, 1.54) is 6.42 Å². The molecule has 1 rings (SSSR count). The second-order valence-corrected chi connectivity index (χ2v) is 2.74. The van der Waals surface area contributed by atoms with Gasteiger partial charge in [-0.15, -0.1) is 0 Å². The van der Waals surface area contributed by atoms with Crippen molar-refractivity contribution >= 4 is 0 Å². The van der Waals surface area contributed by atoms with Gasteiger partial charge in [-0.2, -0.15) is 0 Å². The van der Waals surface area contributed by atoms with Gasteiger partial charge in [0, 0.05) is 12.6 Å². The highest BCUT2D eigenvalue weighted by Gasteiger charge is 2.23. The summed E-state index contributed by atoms with van der Waals surface area (Å²) >= 11 is 0. The molecule has 0 saturated carbocycles. The zero-order valence-electron chi connectivity index (χ0n) is 5.59. The highest BCUT2D eigenvalue weighted by atomic mass is 15.4. The summed E-state index contributed by atoms with van der Waals surface area (Å²) in [6.45, 7) is 5.50. The van der Waals surface area contributed by atoms with E-state index in [1.54, 1.807) is 0 Å². The van der Waals surface area contributed by atoms with Gasteiger partial charge in [0.25, 0.3) is 0 Å². The fraction of sp³-hybridized carbons (Fsp3) is 1.00. The van der Waals surface area contributed by atoms with E-state index in [9.17, 15) is 0 Å². The maximum absolute atomic E-state index is 5.60. The molecule has 1 fully saturated rings. The van der Waals surface area contributed by atoms with Gasteiger partial charge in [0.2, 0.25) is 0 Å². The van der Waals surface area contributed by atoms with Crippen LogP contribution in [0, 0.1) is 5.92 Å². The highest BCUT2D eigenvalue weighted by Crippen LogP contribution is 2.19. The smallest absolute Gasteiger partial charge is 0.0238 e. The maximum Gasteiger partial charge on any atom is 0.0238 e. The van der Waals surface area contributed by atoms with Crippen molar-refractivity contribution in [2.75, 3.05) is 6.54 Å². The Morgan fingerprint density at radius 3 is 2.25 bits per heavy atom. The van der Waals surface area contributed by atoms with Crippen LogP contribution in [0.5, 0.6) is 0 Å². The van der Waals surface area contributed by atoms with Crippen molar-refractivity contribution in [2.24, 2.45) is 11.8 Å². The van der Waals surface area contributed by atoms with E-state index < -0.39 is 0 Å². The van der Waals surface area contributed by atoms with Gasteiger partial charge in [0.1, 0.15) is 0 Å². The number of hydrogen-bond donors (Lipinski definition) is 1. The Morgan fingerprint density at radius 2 is 2.12 bits per heavy atom. The molecule has 0 aliphatic carbocycles. The van der Waals surface area contributed by atoms with Crippen LogP contribution in [0.1, 0.15) is 20.3 Å². The van der Waals surface area contributed by atoms with Crippen LogP contribution in [0.2, 0.25) is 0 Å². The number of hydrogen-bond acceptors (Lipinski definition) is 2. The molecule has 0 radical (unpaired) electrons. The first-order chi connectivity index (χ1) is 3.72. The summed E-state index contributed by atoms with van der Waals surface area (Å²) in [7, 11) is 0. The summed E-state index contributed by atoms with van der Waals surface area (Å²) in [6, 6.07) is 0.593. The molecule has 2 heteroatoms. The average molecular weight is 114 g/mol. The predicted octanol–water partition coefficient (Wildman–Crippen LogP) is 0.590. The minimum atomic E-state index is 0.593. The van der Waals surface area contributed by atoms with E-state index in [0.29, 0.717) is 6.04 Å². The molecule has 1 aliphatic heterocycles. The summed E-state index contributed by atoms with van der Waals surface area (Å²) in [5.41, 5.74) is 0. The molecule has 0 amide bonds. The number of hydrazine groups is 1. The van der Waals surface area contributed by atoms with E-state index in [0.717, 1.165) is 12.5 Å². The van der Waals surface area contributed by atoms with Crippen LogP contribution in [-0.4, -0.2) is 17.6 Å². The van der Waals surface area contributed by atoms with Gasteiger partial charge in [-0.05, 0) is 19.3 Å². The maximum atomic E-state index is 5.60. The molecule has 0 aromatic carbocycles. The first-order valence-corrected chi connectivity index (χ1v) is 3.23. The fourth-order valence-electron chi connectivity index (χ4n) is 1.12. The Kier molecular flexibility index (Phi) is 1.54. The lowest BCUT2D eigenvalue weighted by Crippen LogP contribution is -2.35. The Balaban J connectivity index is 2.44. The van der Waals surface area contributed by atoms with Gasteiger partial charge in [-0.3, -0.25) is 5.84 Å². The number of rotatable bonds is 0. The minimum absolute atomic E-state index is 0.593. The molecule has 2 atom stereocenters. The largest absolute Gasteiger partial charge is 0.269 e. The van der Waals surface area contributed by atoms with Gasteiger partial charge in [0.05, 0.1) is 0 Å². The lowest BCUT2D eigenvalue weighted by atomic mass is 10.1. The summed E-state index contributed by atoms with van der Waals surface area (Å²) < 4.78 is 0. The third-order valence-corrected chi connectivity index (χ3v) is 2.19. The van der Waals surface area contributed by atoms with E-state index in [1.807, 2.05) is 5.01 Å². The molecule has 48 valence electrons. The van der Waals surface area contributed by atoms with Gasteiger partial charge >= 0.3 is 0 Å². The molecule has 0 unspecified atom stereocenters. The van der Waals surface area contributed by atoms with Gasteiger partial charge in [0.15, 0.2) is 0 Å². The molecular formula is C6H14N2. The van der Waals surface area contributed by atoms with Crippen LogP contribution in [0.15, 0.2) is 0 Å². The lowest BCUT2D eigenvalue weighted by molar-refractivity contribution is 0.255. The standard InChI is InChI=1S/C6H14N2/c1-5-3-4-8(7)6(5)2/h5-6H,3-4,7H2,1-2H3/t5-,6-/m1/s1. The summed E-state index contributed by atoms with van der Waals surface area (Å²) in [5, 5.41) is 1.92. The van der Waals surface area contributed by atoms with Crippen molar-refractivity contribution in [3.63, 3.8) is 0 Å². The van der Waals surface area contributed by atoms with Crippen LogP contribution in [0.3, 0.4) is 0 Å². The third-order valence-electron chi connectivity index (χ3n) is 2.19. The van der Waals surface area contributed by atoms with Crippen LogP contribution < -0.4 is 5.84 Å². The topological polar surface area (TPSA) is 29.3 Å². The monoisotopic (exact) mass is 114 g/mol. The Labute approximate surface area is 50.6 Å². The van der Waals surface area contributed by atoms with Crippen molar-refractivity contribution in [3.05, 3.63) is 0 Å². The van der Waals surface area contributed by atoms with Crippen LogP contribution in [-0.2, 0) is 0 Å². The SMILES string of the molecule is C[C@@H]1CCN(N)[C@@H]1C. The molecular weight excluding hydrogens is 100 g/mol. The van der Waals surface area contributed by atoms with Crippen molar-refractivity contribution in [1.29, 1.82) is 0 Å². The Hall–Kier alpha value is -0.0800. The van der Waals surface area contributed by atoms with E-state index in [-0.39, 0.29) is 0 Å². The zero-order valence-corrected chi connectivity index (χ0v) is 5.59. The highest BCUT2D eigenvalue weighted by molar-refractivity contribution is 4.76. The van der Waals surface area contributed by atoms with Crippen molar-refractivity contribution in [3.8, 4) is 0 Å². The molecule has 1 heterocycles. The summed E-state index contributed by atoms with van der Waals surface area (Å²) in [5.74, 6) is 6.39. The van der Waals surface area contributed by atoms with Crippen LogP contribution in [0.4, 0.5) is 0 Å².